The van der Waals surface area contributed by atoms with Crippen molar-refractivity contribution >= 4 is 27.7 Å². The highest BCUT2D eigenvalue weighted by atomic mass is 79.9. The van der Waals surface area contributed by atoms with Crippen LogP contribution in [0.15, 0.2) is 22.7 Å². The molecule has 0 aliphatic carbocycles. The van der Waals surface area contributed by atoms with Crippen molar-refractivity contribution in [3.63, 3.8) is 0 Å². The van der Waals surface area contributed by atoms with Gasteiger partial charge < -0.3 is 15.5 Å². The van der Waals surface area contributed by atoms with Crippen LogP contribution in [0.1, 0.15) is 22.8 Å². The Labute approximate surface area is 133 Å². The van der Waals surface area contributed by atoms with Crippen LogP contribution in [0.4, 0.5) is 0 Å². The summed E-state index contributed by atoms with van der Waals surface area (Å²) in [4.78, 5) is 26.5. The fourth-order valence-corrected chi connectivity index (χ4v) is 2.66. The summed E-state index contributed by atoms with van der Waals surface area (Å²) in [6.45, 7) is 6.12. The number of halogens is 1. The number of hydrogen-bond donors (Lipinski definition) is 2. The van der Waals surface area contributed by atoms with Crippen molar-refractivity contribution in [2.45, 2.75) is 19.9 Å². The van der Waals surface area contributed by atoms with E-state index in [4.69, 9.17) is 0 Å². The van der Waals surface area contributed by atoms with Crippen LogP contribution in [0.3, 0.4) is 0 Å². The number of amides is 2. The Hall–Kier alpha value is -1.40. The molecule has 21 heavy (non-hydrogen) atoms. The van der Waals surface area contributed by atoms with Crippen LogP contribution in [0.2, 0.25) is 0 Å². The van der Waals surface area contributed by atoms with Gasteiger partial charge in [-0.25, -0.2) is 0 Å². The Morgan fingerprint density at radius 2 is 2.24 bits per heavy atom. The average Bonchev–Trinajstić information content (AvgIpc) is 2.49. The summed E-state index contributed by atoms with van der Waals surface area (Å²) >= 11 is 3.43. The van der Waals surface area contributed by atoms with E-state index in [9.17, 15) is 9.59 Å². The SMILES string of the molecule is CCNC(=O)C1CNCCN1C(=O)c1ccc(Br)c(C)c1. The van der Waals surface area contributed by atoms with Gasteiger partial charge in [0.15, 0.2) is 0 Å². The van der Waals surface area contributed by atoms with Gasteiger partial charge in [-0.15, -0.1) is 0 Å². The first-order valence-electron chi connectivity index (χ1n) is 7.10. The minimum absolute atomic E-state index is 0.0941. The predicted octanol–water partition coefficient (Wildman–Crippen LogP) is 1.31. The largest absolute Gasteiger partial charge is 0.355 e. The number of carbonyl (C=O) groups excluding carboxylic acids is 2. The van der Waals surface area contributed by atoms with Crippen LogP contribution in [0.5, 0.6) is 0 Å². The van der Waals surface area contributed by atoms with Gasteiger partial charge in [-0.05, 0) is 37.6 Å². The van der Waals surface area contributed by atoms with E-state index in [1.165, 1.54) is 0 Å². The number of aryl methyl sites for hydroxylation is 1. The standard InChI is InChI=1S/C15H20BrN3O2/c1-3-18-14(20)13-9-17-6-7-19(13)15(21)11-4-5-12(16)10(2)8-11/h4-5,8,13,17H,3,6-7,9H2,1-2H3,(H,18,20). The summed E-state index contributed by atoms with van der Waals surface area (Å²) in [6, 6.07) is 5.06. The molecule has 2 amide bonds. The van der Waals surface area contributed by atoms with Crippen molar-refractivity contribution in [2.24, 2.45) is 0 Å². The van der Waals surface area contributed by atoms with Crippen molar-refractivity contribution in [3.05, 3.63) is 33.8 Å². The number of likely N-dealkylation sites (N-methyl/N-ethyl adjacent to an activating group) is 1. The number of nitrogens with zero attached hydrogens (tertiary/aromatic N) is 1. The molecule has 1 heterocycles. The van der Waals surface area contributed by atoms with E-state index in [0.29, 0.717) is 31.7 Å². The van der Waals surface area contributed by atoms with Crippen molar-refractivity contribution in [2.75, 3.05) is 26.2 Å². The van der Waals surface area contributed by atoms with Crippen LogP contribution >= 0.6 is 15.9 Å². The molecular weight excluding hydrogens is 334 g/mol. The Morgan fingerprint density at radius 3 is 2.90 bits per heavy atom. The van der Waals surface area contributed by atoms with E-state index in [1.54, 1.807) is 11.0 Å². The molecule has 1 aromatic rings. The monoisotopic (exact) mass is 353 g/mol. The second-order valence-corrected chi connectivity index (χ2v) is 5.93. The van der Waals surface area contributed by atoms with E-state index >= 15 is 0 Å². The minimum Gasteiger partial charge on any atom is -0.355 e. The van der Waals surface area contributed by atoms with E-state index in [1.807, 2.05) is 26.0 Å². The van der Waals surface area contributed by atoms with Gasteiger partial charge in [0.2, 0.25) is 5.91 Å². The molecule has 114 valence electrons. The number of benzene rings is 1. The molecule has 1 atom stereocenters. The first kappa shape index (κ1) is 16.0. The summed E-state index contributed by atoms with van der Waals surface area (Å²) in [5.41, 5.74) is 1.62. The Kier molecular flexibility index (Phi) is 5.36. The van der Waals surface area contributed by atoms with Crippen LogP contribution in [-0.2, 0) is 4.79 Å². The summed E-state index contributed by atoms with van der Waals surface area (Å²) in [7, 11) is 0. The van der Waals surface area contributed by atoms with Crippen molar-refractivity contribution < 1.29 is 9.59 Å². The Morgan fingerprint density at radius 1 is 1.48 bits per heavy atom. The highest BCUT2D eigenvalue weighted by Gasteiger charge is 2.32. The van der Waals surface area contributed by atoms with Crippen LogP contribution in [0.25, 0.3) is 0 Å². The van der Waals surface area contributed by atoms with Crippen molar-refractivity contribution in [1.29, 1.82) is 0 Å². The molecule has 5 nitrogen and oxygen atoms in total. The first-order chi connectivity index (χ1) is 10.0. The smallest absolute Gasteiger partial charge is 0.254 e. The molecule has 6 heteroatoms. The lowest BCUT2D eigenvalue weighted by Gasteiger charge is -2.35. The Bertz CT molecular complexity index is 548. The molecule has 1 aliphatic heterocycles. The number of rotatable bonds is 3. The van der Waals surface area contributed by atoms with Gasteiger partial charge >= 0.3 is 0 Å². The van der Waals surface area contributed by atoms with Gasteiger partial charge in [0.25, 0.3) is 5.91 Å². The van der Waals surface area contributed by atoms with E-state index in [0.717, 1.165) is 10.0 Å². The molecule has 2 rings (SSSR count). The third-order valence-electron chi connectivity index (χ3n) is 3.56. The summed E-state index contributed by atoms with van der Waals surface area (Å²) in [5, 5.41) is 5.96. The van der Waals surface area contributed by atoms with Crippen LogP contribution in [-0.4, -0.2) is 48.9 Å². The van der Waals surface area contributed by atoms with Crippen LogP contribution in [0, 0.1) is 6.92 Å². The number of hydrogen-bond acceptors (Lipinski definition) is 3. The topological polar surface area (TPSA) is 61.4 Å². The average molecular weight is 354 g/mol. The molecule has 0 aromatic heterocycles. The maximum absolute atomic E-state index is 12.7. The van der Waals surface area contributed by atoms with Crippen LogP contribution < -0.4 is 10.6 Å². The maximum Gasteiger partial charge on any atom is 0.254 e. The van der Waals surface area contributed by atoms with Crippen molar-refractivity contribution in [1.82, 2.24) is 15.5 Å². The normalized spacial score (nSPS) is 18.4. The van der Waals surface area contributed by atoms with E-state index in [2.05, 4.69) is 26.6 Å². The second kappa shape index (κ2) is 7.04. The van der Waals surface area contributed by atoms with Gasteiger partial charge in [0.1, 0.15) is 6.04 Å². The predicted molar refractivity (Wildman–Crippen MR) is 85.3 cm³/mol. The van der Waals surface area contributed by atoms with Gasteiger partial charge in [0.05, 0.1) is 0 Å². The summed E-state index contributed by atoms with van der Waals surface area (Å²) in [5.74, 6) is -0.199. The maximum atomic E-state index is 12.7. The fourth-order valence-electron chi connectivity index (χ4n) is 2.42. The highest BCUT2D eigenvalue weighted by molar-refractivity contribution is 9.10. The summed E-state index contributed by atoms with van der Waals surface area (Å²) < 4.78 is 0.972. The molecular formula is C15H20BrN3O2. The van der Waals surface area contributed by atoms with E-state index in [-0.39, 0.29) is 11.8 Å². The zero-order chi connectivity index (χ0) is 15.4. The molecule has 0 bridgehead atoms. The minimum atomic E-state index is -0.449. The lowest BCUT2D eigenvalue weighted by molar-refractivity contribution is -0.126. The fraction of sp³-hybridized carbons (Fsp3) is 0.467. The lowest BCUT2D eigenvalue weighted by Crippen LogP contribution is -2.59. The second-order valence-electron chi connectivity index (χ2n) is 5.08. The first-order valence-corrected chi connectivity index (χ1v) is 7.89. The number of piperazine rings is 1. The zero-order valence-corrected chi connectivity index (χ0v) is 13.9. The van der Waals surface area contributed by atoms with Crippen molar-refractivity contribution in [3.8, 4) is 0 Å². The quantitative estimate of drug-likeness (QED) is 0.861. The van der Waals surface area contributed by atoms with Gasteiger partial charge in [0, 0.05) is 36.2 Å². The Balaban J connectivity index is 2.21. The van der Waals surface area contributed by atoms with E-state index < -0.39 is 6.04 Å². The number of carbonyl (C=O) groups is 2. The third-order valence-corrected chi connectivity index (χ3v) is 4.45. The molecule has 1 aromatic carbocycles. The zero-order valence-electron chi connectivity index (χ0n) is 12.3. The van der Waals surface area contributed by atoms with Gasteiger partial charge in [-0.2, -0.15) is 0 Å². The molecule has 0 saturated carbocycles. The molecule has 1 saturated heterocycles. The summed E-state index contributed by atoms with van der Waals surface area (Å²) in [6.07, 6.45) is 0. The molecule has 1 unspecified atom stereocenters. The van der Waals surface area contributed by atoms with Gasteiger partial charge in [-0.3, -0.25) is 9.59 Å². The van der Waals surface area contributed by atoms with Gasteiger partial charge in [-0.1, -0.05) is 15.9 Å². The molecule has 2 N–H and O–H groups in total. The molecule has 0 radical (unpaired) electrons. The molecule has 1 fully saturated rings. The third kappa shape index (κ3) is 3.63. The lowest BCUT2D eigenvalue weighted by atomic mass is 10.1. The number of nitrogens with one attached hydrogen (secondary N) is 2. The molecule has 1 aliphatic rings. The molecule has 0 spiro atoms. The highest BCUT2D eigenvalue weighted by Crippen LogP contribution is 2.19.